The number of rotatable bonds is 2. The van der Waals surface area contributed by atoms with Crippen molar-refractivity contribution < 1.29 is 13.2 Å². The van der Waals surface area contributed by atoms with Crippen LogP contribution in [0.2, 0.25) is 0 Å². The molecule has 0 aliphatic carbocycles. The first kappa shape index (κ1) is 18.7. The lowest BCUT2D eigenvalue weighted by molar-refractivity contribution is -0.133. The van der Waals surface area contributed by atoms with Gasteiger partial charge in [-0.1, -0.05) is 12.1 Å². The summed E-state index contributed by atoms with van der Waals surface area (Å²) in [4.78, 5) is 18.8. The molecule has 1 aromatic carbocycles. The number of nitrogens with zero attached hydrogens (tertiary/aromatic N) is 2. The summed E-state index contributed by atoms with van der Waals surface area (Å²) in [6.07, 6.45) is 0. The standard InChI is InChI=1S/C15H20N4O3S.ClH/c1-10-9-19(8-7-16-10)15(20)11(2)17-14-12-5-3-4-6-13(12)23(21,22)18-14;/h3-6,10-11,16H,7-9H2,1-2H3,(H,17,18);1H. The Morgan fingerprint density at radius 2 is 2.08 bits per heavy atom. The molecule has 24 heavy (non-hydrogen) atoms. The first-order valence-corrected chi connectivity index (χ1v) is 9.09. The Kier molecular flexibility index (Phi) is 5.52. The summed E-state index contributed by atoms with van der Waals surface area (Å²) in [7, 11) is -3.58. The highest BCUT2D eigenvalue weighted by Gasteiger charge is 2.32. The predicted octanol–water partition coefficient (Wildman–Crippen LogP) is 0.356. The molecule has 7 nitrogen and oxygen atoms in total. The number of amidine groups is 1. The van der Waals surface area contributed by atoms with Gasteiger partial charge in [0.15, 0.2) is 0 Å². The van der Waals surface area contributed by atoms with Crippen LogP contribution in [0.4, 0.5) is 0 Å². The fourth-order valence-electron chi connectivity index (χ4n) is 2.88. The Balaban J connectivity index is 0.00000208. The van der Waals surface area contributed by atoms with Gasteiger partial charge in [0.2, 0.25) is 5.91 Å². The predicted molar refractivity (Wildman–Crippen MR) is 94.1 cm³/mol. The molecule has 2 atom stereocenters. The van der Waals surface area contributed by atoms with Crippen molar-refractivity contribution in [1.82, 2.24) is 14.9 Å². The Labute approximate surface area is 148 Å². The van der Waals surface area contributed by atoms with Gasteiger partial charge >= 0.3 is 0 Å². The minimum atomic E-state index is -3.58. The number of aliphatic imine (C=N–C) groups is 1. The topological polar surface area (TPSA) is 90.9 Å². The van der Waals surface area contributed by atoms with Gasteiger partial charge in [0.25, 0.3) is 10.0 Å². The number of amides is 1. The number of benzene rings is 1. The molecular weight excluding hydrogens is 352 g/mol. The zero-order valence-electron chi connectivity index (χ0n) is 13.5. The molecule has 9 heteroatoms. The molecule has 2 heterocycles. The van der Waals surface area contributed by atoms with Crippen molar-refractivity contribution in [3.63, 3.8) is 0 Å². The van der Waals surface area contributed by atoms with E-state index >= 15 is 0 Å². The lowest BCUT2D eigenvalue weighted by atomic mass is 10.2. The van der Waals surface area contributed by atoms with Crippen LogP contribution >= 0.6 is 12.4 Å². The van der Waals surface area contributed by atoms with Crippen molar-refractivity contribution >= 4 is 34.2 Å². The van der Waals surface area contributed by atoms with Crippen molar-refractivity contribution in [2.75, 3.05) is 19.6 Å². The van der Waals surface area contributed by atoms with E-state index in [0.717, 1.165) is 6.54 Å². The van der Waals surface area contributed by atoms with Gasteiger partial charge in [-0.3, -0.25) is 14.5 Å². The average molecular weight is 373 g/mol. The highest BCUT2D eigenvalue weighted by atomic mass is 35.5. The van der Waals surface area contributed by atoms with Gasteiger partial charge in [-0.25, -0.2) is 8.42 Å². The third-order valence-electron chi connectivity index (χ3n) is 4.02. The van der Waals surface area contributed by atoms with E-state index in [2.05, 4.69) is 15.0 Å². The van der Waals surface area contributed by atoms with Crippen molar-refractivity contribution in [1.29, 1.82) is 0 Å². The van der Waals surface area contributed by atoms with Crippen LogP contribution in [-0.4, -0.2) is 56.8 Å². The van der Waals surface area contributed by atoms with Gasteiger partial charge in [0.05, 0.1) is 4.90 Å². The zero-order chi connectivity index (χ0) is 16.6. The van der Waals surface area contributed by atoms with Crippen molar-refractivity contribution in [3.8, 4) is 0 Å². The van der Waals surface area contributed by atoms with Gasteiger partial charge < -0.3 is 10.2 Å². The molecule has 1 aromatic rings. The molecule has 0 bridgehead atoms. The van der Waals surface area contributed by atoms with E-state index in [1.165, 1.54) is 6.07 Å². The van der Waals surface area contributed by atoms with Gasteiger partial charge in [-0.2, -0.15) is 0 Å². The van der Waals surface area contributed by atoms with Crippen LogP contribution in [0.5, 0.6) is 0 Å². The normalized spacial score (nSPS) is 24.7. The third-order valence-corrected chi connectivity index (χ3v) is 5.42. The van der Waals surface area contributed by atoms with Gasteiger partial charge in [-0.15, -0.1) is 12.4 Å². The molecule has 0 aromatic heterocycles. The fraction of sp³-hybridized carbons (Fsp3) is 0.467. The summed E-state index contributed by atoms with van der Waals surface area (Å²) in [5.41, 5.74) is 0.515. The highest BCUT2D eigenvalue weighted by molar-refractivity contribution is 7.90. The van der Waals surface area contributed by atoms with Crippen LogP contribution in [0.1, 0.15) is 19.4 Å². The molecule has 0 radical (unpaired) electrons. The minimum Gasteiger partial charge on any atom is -0.338 e. The molecule has 1 saturated heterocycles. The molecule has 1 amide bonds. The SMILES string of the molecule is CC1CN(C(=O)C(C)N=C2NS(=O)(=O)c3ccccc32)CCN1.Cl. The second-order valence-corrected chi connectivity index (χ2v) is 7.55. The molecule has 2 aliphatic rings. The Hall–Kier alpha value is -1.64. The molecular formula is C15H21ClN4O3S. The average Bonchev–Trinajstić information content (AvgIpc) is 2.78. The molecule has 0 spiro atoms. The van der Waals surface area contributed by atoms with E-state index in [0.29, 0.717) is 18.7 Å². The molecule has 132 valence electrons. The number of nitrogens with one attached hydrogen (secondary N) is 2. The Bertz CT molecular complexity index is 766. The van der Waals surface area contributed by atoms with Crippen LogP contribution in [0.3, 0.4) is 0 Å². The van der Waals surface area contributed by atoms with E-state index in [1.807, 2.05) is 6.92 Å². The monoisotopic (exact) mass is 372 g/mol. The second kappa shape index (κ2) is 7.08. The summed E-state index contributed by atoms with van der Waals surface area (Å²) in [5, 5.41) is 3.28. The molecule has 2 unspecified atom stereocenters. The number of hydrogen-bond acceptors (Lipinski definition) is 5. The molecule has 1 fully saturated rings. The van der Waals surface area contributed by atoms with E-state index in [1.54, 1.807) is 30.0 Å². The summed E-state index contributed by atoms with van der Waals surface area (Å²) >= 11 is 0. The number of halogens is 1. The summed E-state index contributed by atoms with van der Waals surface area (Å²) in [5.74, 6) is 0.152. The Morgan fingerprint density at radius 3 is 2.79 bits per heavy atom. The van der Waals surface area contributed by atoms with Crippen molar-refractivity contribution in [2.45, 2.75) is 30.8 Å². The van der Waals surface area contributed by atoms with Gasteiger partial charge in [0, 0.05) is 31.2 Å². The molecule has 3 rings (SSSR count). The Morgan fingerprint density at radius 1 is 1.38 bits per heavy atom. The zero-order valence-corrected chi connectivity index (χ0v) is 15.2. The maximum absolute atomic E-state index is 12.5. The number of carbonyl (C=O) groups is 1. The molecule has 0 saturated carbocycles. The smallest absolute Gasteiger partial charge is 0.263 e. The van der Waals surface area contributed by atoms with Crippen LogP contribution in [0, 0.1) is 0 Å². The second-order valence-electron chi connectivity index (χ2n) is 5.89. The number of piperazine rings is 1. The minimum absolute atomic E-state index is 0. The maximum atomic E-state index is 12.5. The van der Waals surface area contributed by atoms with E-state index < -0.39 is 16.1 Å². The lowest BCUT2D eigenvalue weighted by Gasteiger charge is -2.32. The number of fused-ring (bicyclic) bond motifs is 1. The summed E-state index contributed by atoms with van der Waals surface area (Å²) in [6, 6.07) is 6.25. The number of carbonyl (C=O) groups excluding carboxylic acids is 1. The summed E-state index contributed by atoms with van der Waals surface area (Å²) in [6.45, 7) is 5.75. The number of hydrogen-bond donors (Lipinski definition) is 2. The van der Waals surface area contributed by atoms with E-state index in [4.69, 9.17) is 0 Å². The number of sulfonamides is 1. The van der Waals surface area contributed by atoms with E-state index in [9.17, 15) is 13.2 Å². The quantitative estimate of drug-likeness (QED) is 0.784. The lowest BCUT2D eigenvalue weighted by Crippen LogP contribution is -2.53. The molecule has 2 aliphatic heterocycles. The summed E-state index contributed by atoms with van der Waals surface area (Å²) < 4.78 is 26.6. The van der Waals surface area contributed by atoms with Crippen LogP contribution < -0.4 is 10.0 Å². The van der Waals surface area contributed by atoms with Gasteiger partial charge in [-0.05, 0) is 26.0 Å². The van der Waals surface area contributed by atoms with Gasteiger partial charge in [0.1, 0.15) is 11.9 Å². The van der Waals surface area contributed by atoms with Crippen molar-refractivity contribution in [3.05, 3.63) is 29.8 Å². The van der Waals surface area contributed by atoms with Crippen LogP contribution in [-0.2, 0) is 14.8 Å². The van der Waals surface area contributed by atoms with Crippen LogP contribution in [0.15, 0.2) is 34.2 Å². The first-order valence-electron chi connectivity index (χ1n) is 7.60. The highest BCUT2D eigenvalue weighted by Crippen LogP contribution is 2.22. The maximum Gasteiger partial charge on any atom is 0.263 e. The first-order chi connectivity index (χ1) is 10.9. The van der Waals surface area contributed by atoms with E-state index in [-0.39, 0.29) is 35.1 Å². The third kappa shape index (κ3) is 3.55. The fourth-order valence-corrected chi connectivity index (χ4v) is 4.11. The largest absolute Gasteiger partial charge is 0.338 e. The van der Waals surface area contributed by atoms with Crippen molar-refractivity contribution in [2.24, 2.45) is 4.99 Å². The van der Waals surface area contributed by atoms with Crippen LogP contribution in [0.25, 0.3) is 0 Å². The molecule has 2 N–H and O–H groups in total.